The Hall–Kier alpha value is -2.37. The molecule has 0 aliphatic rings. The van der Waals surface area contributed by atoms with Gasteiger partial charge in [-0.1, -0.05) is 6.92 Å². The third kappa shape index (κ3) is 3.57. The second-order valence-electron chi connectivity index (χ2n) is 4.53. The number of nitrogens with one attached hydrogen (secondary N) is 2. The number of carbonyl (C=O) groups is 1. The Morgan fingerprint density at radius 3 is 2.95 bits per heavy atom. The number of hydrogen-bond donors (Lipinski definition) is 3. The van der Waals surface area contributed by atoms with Crippen LogP contribution >= 0.6 is 0 Å². The van der Waals surface area contributed by atoms with E-state index in [-0.39, 0.29) is 5.91 Å². The molecule has 0 fully saturated rings. The van der Waals surface area contributed by atoms with Crippen molar-refractivity contribution in [3.63, 3.8) is 0 Å². The predicted octanol–water partition coefficient (Wildman–Crippen LogP) is 1.54. The van der Waals surface area contributed by atoms with Gasteiger partial charge in [0.25, 0.3) is 0 Å². The highest BCUT2D eigenvalue weighted by Crippen LogP contribution is 2.21. The molecule has 4 N–H and O–H groups in total. The maximum absolute atomic E-state index is 11.5. The number of benzene rings is 1. The minimum absolute atomic E-state index is 0.0391. The predicted molar refractivity (Wildman–Crippen MR) is 80.4 cm³/mol. The lowest BCUT2D eigenvalue weighted by molar-refractivity contribution is -0.120. The van der Waals surface area contributed by atoms with Crippen LogP contribution in [0, 0.1) is 0 Å². The SMILES string of the molecule is CCCNC(=O)CCNc1ncnc2ccc(N)cc12. The molecule has 1 aromatic carbocycles. The molecule has 1 heterocycles. The molecule has 6 heteroatoms. The minimum Gasteiger partial charge on any atom is -0.399 e. The zero-order valence-electron chi connectivity index (χ0n) is 11.5. The summed E-state index contributed by atoms with van der Waals surface area (Å²) in [7, 11) is 0. The van der Waals surface area contributed by atoms with Crippen molar-refractivity contribution in [1.82, 2.24) is 15.3 Å². The molecule has 2 rings (SSSR count). The van der Waals surface area contributed by atoms with Crippen molar-refractivity contribution in [3.05, 3.63) is 24.5 Å². The fourth-order valence-electron chi connectivity index (χ4n) is 1.86. The van der Waals surface area contributed by atoms with Crippen molar-refractivity contribution in [2.45, 2.75) is 19.8 Å². The molecule has 0 aliphatic carbocycles. The number of nitrogens with two attached hydrogens (primary N) is 1. The van der Waals surface area contributed by atoms with Gasteiger partial charge in [-0.05, 0) is 24.6 Å². The second-order valence-corrected chi connectivity index (χ2v) is 4.53. The summed E-state index contributed by atoms with van der Waals surface area (Å²) in [5, 5.41) is 6.85. The monoisotopic (exact) mass is 273 g/mol. The van der Waals surface area contributed by atoms with Gasteiger partial charge in [-0.25, -0.2) is 9.97 Å². The smallest absolute Gasteiger partial charge is 0.221 e. The normalized spacial score (nSPS) is 10.4. The Morgan fingerprint density at radius 1 is 1.30 bits per heavy atom. The first-order chi connectivity index (χ1) is 9.70. The van der Waals surface area contributed by atoms with Gasteiger partial charge in [-0.3, -0.25) is 4.79 Å². The zero-order chi connectivity index (χ0) is 14.4. The summed E-state index contributed by atoms with van der Waals surface area (Å²) in [6.45, 7) is 3.26. The molecule has 1 amide bonds. The van der Waals surface area contributed by atoms with Crippen molar-refractivity contribution in [2.75, 3.05) is 24.1 Å². The van der Waals surface area contributed by atoms with Gasteiger partial charge in [0.1, 0.15) is 12.1 Å². The lowest BCUT2D eigenvalue weighted by Gasteiger charge is -2.08. The average Bonchev–Trinajstić information content (AvgIpc) is 2.45. The van der Waals surface area contributed by atoms with Gasteiger partial charge >= 0.3 is 0 Å². The van der Waals surface area contributed by atoms with Gasteiger partial charge in [0, 0.05) is 30.6 Å². The molecule has 20 heavy (non-hydrogen) atoms. The Bertz CT molecular complexity index is 599. The number of amides is 1. The molecule has 6 nitrogen and oxygen atoms in total. The summed E-state index contributed by atoms with van der Waals surface area (Å²) < 4.78 is 0. The summed E-state index contributed by atoms with van der Waals surface area (Å²) in [5.41, 5.74) is 7.27. The van der Waals surface area contributed by atoms with Crippen molar-refractivity contribution in [3.8, 4) is 0 Å². The molecule has 1 aromatic heterocycles. The quantitative estimate of drug-likeness (QED) is 0.694. The van der Waals surface area contributed by atoms with Crippen LogP contribution < -0.4 is 16.4 Å². The number of nitrogens with zero attached hydrogens (tertiary/aromatic N) is 2. The molecule has 2 aromatic rings. The molecule has 0 aliphatic heterocycles. The first-order valence-corrected chi connectivity index (χ1v) is 6.71. The maximum atomic E-state index is 11.5. The summed E-state index contributed by atoms with van der Waals surface area (Å²) in [5.74, 6) is 0.739. The topological polar surface area (TPSA) is 92.9 Å². The number of carbonyl (C=O) groups excluding carboxylic acids is 1. The number of hydrogen-bond acceptors (Lipinski definition) is 5. The Balaban J connectivity index is 1.99. The number of anilines is 2. The molecule has 0 spiro atoms. The average molecular weight is 273 g/mol. The summed E-state index contributed by atoms with van der Waals surface area (Å²) >= 11 is 0. The number of nitrogen functional groups attached to an aromatic ring is 1. The fraction of sp³-hybridized carbons (Fsp3) is 0.357. The van der Waals surface area contributed by atoms with Crippen LogP contribution in [-0.4, -0.2) is 29.0 Å². The van der Waals surface area contributed by atoms with E-state index in [1.165, 1.54) is 6.33 Å². The van der Waals surface area contributed by atoms with Gasteiger partial charge in [0.05, 0.1) is 5.52 Å². The third-order valence-electron chi connectivity index (χ3n) is 2.88. The summed E-state index contributed by atoms with van der Waals surface area (Å²) in [6.07, 6.45) is 2.85. The molecule has 0 saturated carbocycles. The van der Waals surface area contributed by atoms with Crippen LogP contribution in [0.1, 0.15) is 19.8 Å². The molecule has 106 valence electrons. The number of aromatic nitrogens is 2. The summed E-state index contributed by atoms with van der Waals surface area (Å²) in [4.78, 5) is 19.9. The highest BCUT2D eigenvalue weighted by Gasteiger charge is 2.05. The highest BCUT2D eigenvalue weighted by atomic mass is 16.1. The molecule has 0 bridgehead atoms. The molecule has 0 unspecified atom stereocenters. The van der Waals surface area contributed by atoms with Gasteiger partial charge < -0.3 is 16.4 Å². The van der Waals surface area contributed by atoms with Crippen molar-refractivity contribution in [2.24, 2.45) is 0 Å². The standard InChI is InChI=1S/C14H19N5O/c1-2-6-16-13(20)5-7-17-14-11-8-10(15)3-4-12(11)18-9-19-14/h3-4,8-9H,2,5-7,15H2,1H3,(H,16,20)(H,17,18,19). The second kappa shape index (κ2) is 6.70. The van der Waals surface area contributed by atoms with E-state index in [4.69, 9.17) is 5.73 Å². The largest absolute Gasteiger partial charge is 0.399 e. The summed E-state index contributed by atoms with van der Waals surface area (Å²) in [6, 6.07) is 5.48. The van der Waals surface area contributed by atoms with Crippen LogP contribution in [-0.2, 0) is 4.79 Å². The van der Waals surface area contributed by atoms with E-state index in [1.54, 1.807) is 6.07 Å². The van der Waals surface area contributed by atoms with E-state index in [9.17, 15) is 4.79 Å². The highest BCUT2D eigenvalue weighted by molar-refractivity contribution is 5.91. The van der Waals surface area contributed by atoms with Crippen LogP contribution in [0.25, 0.3) is 10.9 Å². The first-order valence-electron chi connectivity index (χ1n) is 6.71. The van der Waals surface area contributed by atoms with Crippen molar-refractivity contribution >= 4 is 28.3 Å². The Morgan fingerprint density at radius 2 is 2.15 bits per heavy atom. The van der Waals surface area contributed by atoms with E-state index < -0.39 is 0 Å². The van der Waals surface area contributed by atoms with E-state index in [0.717, 1.165) is 17.3 Å². The van der Waals surface area contributed by atoms with Crippen molar-refractivity contribution < 1.29 is 4.79 Å². The lowest BCUT2D eigenvalue weighted by atomic mass is 10.2. The maximum Gasteiger partial charge on any atom is 0.221 e. The molecule has 0 atom stereocenters. The van der Waals surface area contributed by atoms with Gasteiger partial charge in [-0.15, -0.1) is 0 Å². The van der Waals surface area contributed by atoms with Crippen LogP contribution in [0.4, 0.5) is 11.5 Å². The minimum atomic E-state index is 0.0391. The zero-order valence-corrected chi connectivity index (χ0v) is 11.5. The van der Waals surface area contributed by atoms with Crippen LogP contribution in [0.3, 0.4) is 0 Å². The van der Waals surface area contributed by atoms with Gasteiger partial charge in [-0.2, -0.15) is 0 Å². The Kier molecular flexibility index (Phi) is 4.70. The van der Waals surface area contributed by atoms with Crippen LogP contribution in [0.15, 0.2) is 24.5 Å². The molecular weight excluding hydrogens is 254 g/mol. The third-order valence-corrected chi connectivity index (χ3v) is 2.88. The van der Waals surface area contributed by atoms with E-state index >= 15 is 0 Å². The lowest BCUT2D eigenvalue weighted by Crippen LogP contribution is -2.26. The van der Waals surface area contributed by atoms with Gasteiger partial charge in [0.15, 0.2) is 0 Å². The van der Waals surface area contributed by atoms with Crippen LogP contribution in [0.2, 0.25) is 0 Å². The molecular formula is C14H19N5O. The van der Waals surface area contributed by atoms with E-state index in [2.05, 4.69) is 20.6 Å². The first kappa shape index (κ1) is 14.0. The number of rotatable bonds is 6. The number of fused-ring (bicyclic) bond motifs is 1. The molecule has 0 radical (unpaired) electrons. The Labute approximate surface area is 117 Å². The van der Waals surface area contributed by atoms with E-state index in [0.29, 0.717) is 31.0 Å². The van der Waals surface area contributed by atoms with Crippen LogP contribution in [0.5, 0.6) is 0 Å². The molecule has 0 saturated heterocycles. The van der Waals surface area contributed by atoms with E-state index in [1.807, 2.05) is 19.1 Å². The van der Waals surface area contributed by atoms with Crippen molar-refractivity contribution in [1.29, 1.82) is 0 Å². The van der Waals surface area contributed by atoms with Gasteiger partial charge in [0.2, 0.25) is 5.91 Å². The fourth-order valence-corrected chi connectivity index (χ4v) is 1.86.